The molecule has 1 aliphatic rings. The van der Waals surface area contributed by atoms with E-state index in [1.807, 2.05) is 47.8 Å². The number of carbonyl (C=O) groups excluding carboxylic acids is 1. The fraction of sp³-hybridized carbons (Fsp3) is 0.280. The molecular weight excluding hydrogens is 432 g/mol. The van der Waals surface area contributed by atoms with Gasteiger partial charge in [-0.3, -0.25) is 20.0 Å². The van der Waals surface area contributed by atoms with Crippen LogP contribution in [0.15, 0.2) is 66.4 Å². The molecule has 4 aromatic rings. The number of anilines is 1. The first-order valence-electron chi connectivity index (χ1n) is 11.2. The van der Waals surface area contributed by atoms with Crippen LogP contribution in [0.5, 0.6) is 0 Å². The van der Waals surface area contributed by atoms with Gasteiger partial charge in [-0.15, -0.1) is 11.3 Å². The summed E-state index contributed by atoms with van der Waals surface area (Å²) in [7, 11) is 0. The number of benzene rings is 1. The molecule has 0 saturated carbocycles. The van der Waals surface area contributed by atoms with Gasteiger partial charge >= 0.3 is 0 Å². The third-order valence-electron chi connectivity index (χ3n) is 5.81. The number of hydrogen-bond acceptors (Lipinski definition) is 6. The predicted molar refractivity (Wildman–Crippen MR) is 131 cm³/mol. The monoisotopic (exact) mass is 458 g/mol. The average molecular weight is 459 g/mol. The van der Waals surface area contributed by atoms with Gasteiger partial charge in [0.05, 0.1) is 16.9 Å². The Morgan fingerprint density at radius 3 is 2.88 bits per heavy atom. The molecule has 3 aromatic heterocycles. The van der Waals surface area contributed by atoms with Crippen molar-refractivity contribution >= 4 is 22.4 Å². The van der Waals surface area contributed by atoms with Crippen LogP contribution in [0.1, 0.15) is 35.8 Å². The number of nitrogens with zero attached hydrogens (tertiary/aromatic N) is 5. The van der Waals surface area contributed by atoms with Crippen LogP contribution in [0.2, 0.25) is 0 Å². The van der Waals surface area contributed by atoms with Gasteiger partial charge < -0.3 is 0 Å². The van der Waals surface area contributed by atoms with Crippen molar-refractivity contribution < 1.29 is 4.79 Å². The average Bonchev–Trinajstić information content (AvgIpc) is 3.48. The van der Waals surface area contributed by atoms with Crippen molar-refractivity contribution in [3.05, 3.63) is 77.7 Å². The highest BCUT2D eigenvalue weighted by Gasteiger charge is 2.21. The minimum absolute atomic E-state index is 0.233. The molecule has 1 aromatic carbocycles. The number of thiazole rings is 1. The number of pyridine rings is 1. The van der Waals surface area contributed by atoms with Crippen molar-refractivity contribution in [2.45, 2.75) is 26.3 Å². The molecule has 33 heavy (non-hydrogen) atoms. The molecule has 0 spiro atoms. The molecule has 8 heteroatoms. The van der Waals surface area contributed by atoms with Gasteiger partial charge in [0.25, 0.3) is 5.91 Å². The van der Waals surface area contributed by atoms with Gasteiger partial charge in [0.15, 0.2) is 5.13 Å². The molecular formula is C25H26N6OS. The molecule has 1 N–H and O–H groups in total. The molecule has 1 fully saturated rings. The lowest BCUT2D eigenvalue weighted by molar-refractivity contribution is 0.102. The van der Waals surface area contributed by atoms with Crippen molar-refractivity contribution in [3.63, 3.8) is 0 Å². The van der Waals surface area contributed by atoms with E-state index in [2.05, 4.69) is 27.1 Å². The van der Waals surface area contributed by atoms with Crippen LogP contribution >= 0.6 is 11.3 Å². The van der Waals surface area contributed by atoms with E-state index < -0.39 is 0 Å². The Morgan fingerprint density at radius 1 is 1.21 bits per heavy atom. The topological polar surface area (TPSA) is 75.9 Å². The first-order valence-corrected chi connectivity index (χ1v) is 12.1. The maximum atomic E-state index is 13.3. The zero-order valence-electron chi connectivity index (χ0n) is 18.5. The summed E-state index contributed by atoms with van der Waals surface area (Å²) in [6.45, 7) is 5.33. The van der Waals surface area contributed by atoms with Crippen molar-refractivity contribution in [2.24, 2.45) is 5.92 Å². The zero-order valence-corrected chi connectivity index (χ0v) is 19.3. The fourth-order valence-corrected chi connectivity index (χ4v) is 4.93. The van der Waals surface area contributed by atoms with E-state index in [0.717, 1.165) is 42.5 Å². The first kappa shape index (κ1) is 21.5. The maximum Gasteiger partial charge on any atom is 0.261 e. The van der Waals surface area contributed by atoms with E-state index in [9.17, 15) is 4.79 Å². The molecule has 1 amide bonds. The molecule has 1 saturated heterocycles. The highest BCUT2D eigenvalue weighted by atomic mass is 32.1. The van der Waals surface area contributed by atoms with Crippen molar-refractivity contribution in [3.8, 4) is 16.9 Å². The predicted octanol–water partition coefficient (Wildman–Crippen LogP) is 4.88. The Kier molecular flexibility index (Phi) is 6.28. The summed E-state index contributed by atoms with van der Waals surface area (Å²) in [6, 6.07) is 13.5. The van der Waals surface area contributed by atoms with E-state index in [0.29, 0.717) is 16.4 Å². The summed E-state index contributed by atoms with van der Waals surface area (Å²) in [5.74, 6) is 0.493. The summed E-state index contributed by atoms with van der Waals surface area (Å²) in [5.41, 5.74) is 3.74. The number of likely N-dealkylation sites (tertiary alicyclic amines) is 1. The van der Waals surface area contributed by atoms with Crippen LogP contribution in [0.3, 0.4) is 0 Å². The van der Waals surface area contributed by atoms with E-state index >= 15 is 0 Å². The van der Waals surface area contributed by atoms with Gasteiger partial charge in [0.2, 0.25) is 0 Å². The van der Waals surface area contributed by atoms with Gasteiger partial charge in [0, 0.05) is 42.6 Å². The van der Waals surface area contributed by atoms with Gasteiger partial charge in [-0.1, -0.05) is 25.1 Å². The second-order valence-corrected chi connectivity index (χ2v) is 9.35. The number of carbonyl (C=O) groups is 1. The lowest BCUT2D eigenvalue weighted by Crippen LogP contribution is -2.33. The van der Waals surface area contributed by atoms with Crippen LogP contribution < -0.4 is 5.32 Å². The lowest BCUT2D eigenvalue weighted by atomic mass is 10.0. The van der Waals surface area contributed by atoms with Crippen molar-refractivity contribution in [1.29, 1.82) is 0 Å². The molecule has 168 valence electrons. The van der Waals surface area contributed by atoms with Crippen LogP contribution in [0.4, 0.5) is 5.13 Å². The van der Waals surface area contributed by atoms with Crippen LogP contribution in [0, 0.1) is 5.92 Å². The van der Waals surface area contributed by atoms with E-state index in [-0.39, 0.29) is 5.91 Å². The number of aromatic nitrogens is 4. The Balaban J connectivity index is 1.37. The largest absolute Gasteiger partial charge is 0.298 e. The first-order chi connectivity index (χ1) is 16.2. The molecule has 1 atom stereocenters. The molecule has 5 rings (SSSR count). The van der Waals surface area contributed by atoms with Gasteiger partial charge in [0.1, 0.15) is 5.69 Å². The van der Waals surface area contributed by atoms with Crippen LogP contribution in [-0.4, -0.2) is 43.6 Å². The molecule has 4 heterocycles. The van der Waals surface area contributed by atoms with E-state index in [4.69, 9.17) is 5.10 Å². The molecule has 0 bridgehead atoms. The number of para-hydroxylation sites is 1. The lowest BCUT2D eigenvalue weighted by Gasteiger charge is -2.30. The highest BCUT2D eigenvalue weighted by Crippen LogP contribution is 2.26. The number of nitrogens with one attached hydrogen (secondary N) is 1. The minimum atomic E-state index is -0.233. The third kappa shape index (κ3) is 5.02. The number of rotatable bonds is 6. The zero-order chi connectivity index (χ0) is 22.6. The number of amides is 1. The standard InChI is InChI=1S/C25H26N6OS/c1-18-7-6-12-30(14-18)15-20-17-33-25(27-20)28-24(32)22-16-31(21-9-3-2-4-10-21)29-23(22)19-8-5-11-26-13-19/h2-5,8-11,13,16-18H,6-7,12,14-15H2,1H3,(H,27,28,32). The second kappa shape index (κ2) is 9.64. The third-order valence-corrected chi connectivity index (χ3v) is 6.62. The summed E-state index contributed by atoms with van der Waals surface area (Å²) in [4.78, 5) is 24.6. The second-order valence-electron chi connectivity index (χ2n) is 8.49. The molecule has 0 aliphatic carbocycles. The molecule has 0 radical (unpaired) electrons. The minimum Gasteiger partial charge on any atom is -0.298 e. The summed E-state index contributed by atoms with van der Waals surface area (Å²) in [5, 5.41) is 10.3. The van der Waals surface area contributed by atoms with Gasteiger partial charge in [-0.25, -0.2) is 9.67 Å². The SMILES string of the molecule is CC1CCCN(Cc2csc(NC(=O)c3cn(-c4ccccc4)nc3-c3cccnc3)n2)C1. The van der Waals surface area contributed by atoms with Crippen LogP contribution in [0.25, 0.3) is 16.9 Å². The van der Waals surface area contributed by atoms with E-state index in [1.54, 1.807) is 23.3 Å². The van der Waals surface area contributed by atoms with Crippen molar-refractivity contribution in [2.75, 3.05) is 18.4 Å². The Labute approximate surface area is 197 Å². The highest BCUT2D eigenvalue weighted by molar-refractivity contribution is 7.14. The number of piperidine rings is 1. The quantitative estimate of drug-likeness (QED) is 0.446. The molecule has 7 nitrogen and oxygen atoms in total. The van der Waals surface area contributed by atoms with Crippen LogP contribution in [-0.2, 0) is 6.54 Å². The number of hydrogen-bond donors (Lipinski definition) is 1. The fourth-order valence-electron chi connectivity index (χ4n) is 4.23. The van der Waals surface area contributed by atoms with Gasteiger partial charge in [-0.05, 0) is 49.6 Å². The maximum absolute atomic E-state index is 13.3. The summed E-state index contributed by atoms with van der Waals surface area (Å²) in [6.07, 6.45) is 7.71. The Hall–Kier alpha value is -3.36. The molecule has 1 unspecified atom stereocenters. The smallest absolute Gasteiger partial charge is 0.261 e. The van der Waals surface area contributed by atoms with Crippen molar-refractivity contribution in [1.82, 2.24) is 24.6 Å². The summed E-state index contributed by atoms with van der Waals surface area (Å²) < 4.78 is 1.72. The van der Waals surface area contributed by atoms with E-state index in [1.165, 1.54) is 24.2 Å². The normalized spacial score (nSPS) is 16.6. The Morgan fingerprint density at radius 2 is 2.09 bits per heavy atom. The molecule has 1 aliphatic heterocycles. The Bertz CT molecular complexity index is 1220. The van der Waals surface area contributed by atoms with Gasteiger partial charge in [-0.2, -0.15) is 5.10 Å². The summed E-state index contributed by atoms with van der Waals surface area (Å²) >= 11 is 1.46.